The van der Waals surface area contributed by atoms with E-state index >= 15 is 0 Å². The van der Waals surface area contributed by atoms with Crippen molar-refractivity contribution in [2.75, 3.05) is 26.7 Å². The maximum Gasteiger partial charge on any atom is 0.0613 e. The second-order valence-corrected chi connectivity index (χ2v) is 5.97. The van der Waals surface area contributed by atoms with Gasteiger partial charge in [0.25, 0.3) is 0 Å². The molecule has 100 valence electrons. The van der Waals surface area contributed by atoms with E-state index in [1.807, 2.05) is 7.05 Å². The minimum Gasteiger partial charge on any atom is -0.394 e. The summed E-state index contributed by atoms with van der Waals surface area (Å²) in [5.74, 6) is 0.958. The lowest BCUT2D eigenvalue weighted by Crippen LogP contribution is -2.47. The monoisotopic (exact) mass is 240 g/mol. The highest BCUT2D eigenvalue weighted by Crippen LogP contribution is 2.34. The summed E-state index contributed by atoms with van der Waals surface area (Å²) in [6.07, 6.45) is 7.58. The zero-order chi connectivity index (χ0) is 12.3. The van der Waals surface area contributed by atoms with Gasteiger partial charge in [-0.1, -0.05) is 13.3 Å². The minimum absolute atomic E-state index is 0.00622. The standard InChI is InChI=1S/C14H28N2O/c1-3-12-5-8-16(9-6-12)13-4-7-14(10-13,11-17)15-2/h12-13,15,17H,3-11H2,1-2H3. The molecule has 2 N–H and O–H groups in total. The minimum atomic E-state index is 0.00622. The summed E-state index contributed by atoms with van der Waals surface area (Å²) in [5.41, 5.74) is 0.00622. The van der Waals surface area contributed by atoms with Crippen LogP contribution in [0.1, 0.15) is 45.4 Å². The fourth-order valence-corrected chi connectivity index (χ4v) is 3.59. The predicted octanol–water partition coefficient (Wildman–Crippen LogP) is 1.61. The van der Waals surface area contributed by atoms with Gasteiger partial charge in [0, 0.05) is 11.6 Å². The molecule has 17 heavy (non-hydrogen) atoms. The Labute approximate surface area is 106 Å². The van der Waals surface area contributed by atoms with Gasteiger partial charge in [0.05, 0.1) is 6.61 Å². The van der Waals surface area contributed by atoms with Gasteiger partial charge in [-0.25, -0.2) is 0 Å². The maximum absolute atomic E-state index is 9.53. The largest absolute Gasteiger partial charge is 0.394 e. The van der Waals surface area contributed by atoms with E-state index in [2.05, 4.69) is 17.1 Å². The molecule has 3 heteroatoms. The van der Waals surface area contributed by atoms with Gasteiger partial charge < -0.3 is 15.3 Å². The summed E-state index contributed by atoms with van der Waals surface area (Å²) in [5, 5.41) is 12.9. The third kappa shape index (κ3) is 2.83. The molecule has 2 aliphatic rings. The van der Waals surface area contributed by atoms with E-state index in [1.54, 1.807) is 0 Å². The Balaban J connectivity index is 1.85. The van der Waals surface area contributed by atoms with E-state index in [9.17, 15) is 5.11 Å². The van der Waals surface area contributed by atoms with Gasteiger partial charge in [0.15, 0.2) is 0 Å². The second-order valence-electron chi connectivity index (χ2n) is 5.97. The zero-order valence-corrected chi connectivity index (χ0v) is 11.4. The van der Waals surface area contributed by atoms with Gasteiger partial charge in [-0.2, -0.15) is 0 Å². The molecular formula is C14H28N2O. The summed E-state index contributed by atoms with van der Waals surface area (Å²) in [6.45, 7) is 5.14. The molecule has 2 atom stereocenters. The van der Waals surface area contributed by atoms with Crippen molar-refractivity contribution in [3.63, 3.8) is 0 Å². The maximum atomic E-state index is 9.53. The number of aliphatic hydroxyl groups is 1. The normalized spacial score (nSPS) is 36.5. The van der Waals surface area contributed by atoms with Gasteiger partial charge in [0.2, 0.25) is 0 Å². The van der Waals surface area contributed by atoms with Crippen LogP contribution in [0.4, 0.5) is 0 Å². The van der Waals surface area contributed by atoms with Gasteiger partial charge in [0.1, 0.15) is 0 Å². The van der Waals surface area contributed by atoms with Gasteiger partial charge in [-0.3, -0.25) is 0 Å². The highest BCUT2D eigenvalue weighted by atomic mass is 16.3. The Kier molecular flexibility index (Phi) is 4.45. The summed E-state index contributed by atoms with van der Waals surface area (Å²) < 4.78 is 0. The van der Waals surface area contributed by atoms with Gasteiger partial charge in [-0.05, 0) is 58.2 Å². The first-order chi connectivity index (χ1) is 8.23. The first-order valence-electron chi connectivity index (χ1n) is 7.27. The molecule has 0 bridgehead atoms. The van der Waals surface area contributed by atoms with Crippen LogP contribution in [0.3, 0.4) is 0 Å². The van der Waals surface area contributed by atoms with E-state index in [0.717, 1.165) is 18.8 Å². The third-order valence-electron chi connectivity index (χ3n) is 5.16. The van der Waals surface area contributed by atoms with E-state index in [-0.39, 0.29) is 12.1 Å². The van der Waals surface area contributed by atoms with Crippen molar-refractivity contribution in [3.8, 4) is 0 Å². The number of likely N-dealkylation sites (tertiary alicyclic amines) is 1. The average Bonchev–Trinajstić information content (AvgIpc) is 2.84. The Hall–Kier alpha value is -0.120. The molecule has 2 rings (SSSR count). The lowest BCUT2D eigenvalue weighted by Gasteiger charge is -2.36. The lowest BCUT2D eigenvalue weighted by molar-refractivity contribution is 0.115. The molecular weight excluding hydrogens is 212 g/mol. The number of nitrogens with one attached hydrogen (secondary N) is 1. The Morgan fingerprint density at radius 1 is 1.29 bits per heavy atom. The number of hydrogen-bond acceptors (Lipinski definition) is 3. The summed E-state index contributed by atoms with van der Waals surface area (Å²) in [4.78, 5) is 2.67. The van der Waals surface area contributed by atoms with Gasteiger partial charge >= 0.3 is 0 Å². The first-order valence-corrected chi connectivity index (χ1v) is 7.27. The molecule has 0 radical (unpaired) electrons. The highest BCUT2D eigenvalue weighted by molar-refractivity contribution is 4.99. The lowest BCUT2D eigenvalue weighted by atomic mass is 9.93. The van der Waals surface area contributed by atoms with Crippen molar-refractivity contribution in [3.05, 3.63) is 0 Å². The van der Waals surface area contributed by atoms with E-state index in [0.29, 0.717) is 6.04 Å². The summed E-state index contributed by atoms with van der Waals surface area (Å²) in [6, 6.07) is 0.701. The molecule has 3 nitrogen and oxygen atoms in total. The van der Waals surface area contributed by atoms with Crippen LogP contribution >= 0.6 is 0 Å². The summed E-state index contributed by atoms with van der Waals surface area (Å²) >= 11 is 0. The highest BCUT2D eigenvalue weighted by Gasteiger charge is 2.40. The van der Waals surface area contributed by atoms with E-state index in [4.69, 9.17) is 0 Å². The number of hydrogen-bond donors (Lipinski definition) is 2. The molecule has 0 spiro atoms. The quantitative estimate of drug-likeness (QED) is 0.784. The topological polar surface area (TPSA) is 35.5 Å². The van der Waals surface area contributed by atoms with Crippen molar-refractivity contribution in [2.24, 2.45) is 5.92 Å². The Morgan fingerprint density at radius 3 is 2.47 bits per heavy atom. The third-order valence-corrected chi connectivity index (χ3v) is 5.16. The van der Waals surface area contributed by atoms with Crippen LogP contribution in [-0.4, -0.2) is 48.3 Å². The Morgan fingerprint density at radius 2 is 2.00 bits per heavy atom. The van der Waals surface area contributed by atoms with Crippen molar-refractivity contribution >= 4 is 0 Å². The first kappa shape index (κ1) is 13.3. The molecule has 0 aromatic rings. The molecule has 1 heterocycles. The van der Waals surface area contributed by atoms with Crippen molar-refractivity contribution in [2.45, 2.75) is 57.0 Å². The molecule has 1 aliphatic carbocycles. The van der Waals surface area contributed by atoms with Crippen molar-refractivity contribution < 1.29 is 5.11 Å². The molecule has 2 fully saturated rings. The van der Waals surface area contributed by atoms with E-state index < -0.39 is 0 Å². The van der Waals surface area contributed by atoms with Crippen LogP contribution in [0.5, 0.6) is 0 Å². The number of likely N-dealkylation sites (N-methyl/N-ethyl adjacent to an activating group) is 1. The fraction of sp³-hybridized carbons (Fsp3) is 1.00. The molecule has 0 amide bonds. The van der Waals surface area contributed by atoms with Crippen LogP contribution in [0.2, 0.25) is 0 Å². The predicted molar refractivity (Wildman–Crippen MR) is 71.1 cm³/mol. The van der Waals surface area contributed by atoms with Crippen molar-refractivity contribution in [1.82, 2.24) is 10.2 Å². The smallest absolute Gasteiger partial charge is 0.0613 e. The van der Waals surface area contributed by atoms with Crippen molar-refractivity contribution in [1.29, 1.82) is 0 Å². The molecule has 0 aromatic heterocycles. The SMILES string of the molecule is CCC1CCN(C2CCC(CO)(NC)C2)CC1. The number of nitrogens with zero attached hydrogens (tertiary/aromatic N) is 1. The molecule has 1 saturated heterocycles. The number of piperidine rings is 1. The summed E-state index contributed by atoms with van der Waals surface area (Å²) in [7, 11) is 1.99. The number of rotatable bonds is 4. The van der Waals surface area contributed by atoms with Crippen LogP contribution in [0, 0.1) is 5.92 Å². The number of aliphatic hydroxyl groups excluding tert-OH is 1. The fourth-order valence-electron chi connectivity index (χ4n) is 3.59. The molecule has 1 saturated carbocycles. The van der Waals surface area contributed by atoms with Gasteiger partial charge in [-0.15, -0.1) is 0 Å². The zero-order valence-electron chi connectivity index (χ0n) is 11.4. The molecule has 0 aromatic carbocycles. The Bertz CT molecular complexity index is 232. The average molecular weight is 240 g/mol. The van der Waals surface area contributed by atoms with Crippen LogP contribution in [-0.2, 0) is 0 Å². The molecule has 2 unspecified atom stereocenters. The van der Waals surface area contributed by atoms with Crippen LogP contribution in [0.15, 0.2) is 0 Å². The second kappa shape index (κ2) is 5.68. The van der Waals surface area contributed by atoms with Crippen LogP contribution in [0.25, 0.3) is 0 Å². The van der Waals surface area contributed by atoms with E-state index in [1.165, 1.54) is 38.8 Å². The molecule has 1 aliphatic heterocycles. The van der Waals surface area contributed by atoms with Crippen LogP contribution < -0.4 is 5.32 Å².